The van der Waals surface area contributed by atoms with Gasteiger partial charge in [0.15, 0.2) is 11.6 Å². The largest absolute Gasteiger partial charge is 0.368 e. The van der Waals surface area contributed by atoms with Crippen molar-refractivity contribution < 1.29 is 9.53 Å². The van der Waals surface area contributed by atoms with E-state index in [9.17, 15) is 4.79 Å². The van der Waals surface area contributed by atoms with Gasteiger partial charge in [0.1, 0.15) is 6.10 Å². The smallest absolute Gasteiger partial charge is 0.254 e. The number of anilines is 3. The number of amides is 1. The molecule has 1 amide bonds. The Morgan fingerprint density at radius 3 is 2.70 bits per heavy atom. The third-order valence-electron chi connectivity index (χ3n) is 3.59. The Bertz CT molecular complexity index is 700. The number of aromatic nitrogens is 2. The SMILES string of the molecule is Cc1cc(Cl)ccc1Nc1ccc(NC(=O)C2CCCO2)nn1. The van der Waals surface area contributed by atoms with Crippen LogP contribution >= 0.6 is 11.6 Å². The zero-order valence-electron chi connectivity index (χ0n) is 12.7. The van der Waals surface area contributed by atoms with Crippen molar-refractivity contribution in [3.05, 3.63) is 40.9 Å². The highest BCUT2D eigenvalue weighted by molar-refractivity contribution is 6.30. The lowest BCUT2D eigenvalue weighted by Gasteiger charge is -2.11. The Kier molecular flexibility index (Phi) is 4.73. The second kappa shape index (κ2) is 6.93. The number of hydrogen-bond donors (Lipinski definition) is 2. The summed E-state index contributed by atoms with van der Waals surface area (Å²) in [4.78, 5) is 11.9. The predicted octanol–water partition coefficient (Wildman–Crippen LogP) is 3.30. The van der Waals surface area contributed by atoms with Gasteiger partial charge in [0.2, 0.25) is 0 Å². The molecule has 1 aliphatic heterocycles. The zero-order chi connectivity index (χ0) is 16.2. The van der Waals surface area contributed by atoms with E-state index in [1.807, 2.05) is 19.1 Å². The lowest BCUT2D eigenvalue weighted by molar-refractivity contribution is -0.124. The summed E-state index contributed by atoms with van der Waals surface area (Å²) in [5.41, 5.74) is 1.91. The molecule has 1 fully saturated rings. The minimum absolute atomic E-state index is 0.175. The Hall–Kier alpha value is -2.18. The van der Waals surface area contributed by atoms with E-state index in [2.05, 4.69) is 20.8 Å². The fraction of sp³-hybridized carbons (Fsp3) is 0.312. The third-order valence-corrected chi connectivity index (χ3v) is 3.82. The van der Waals surface area contributed by atoms with Crippen molar-refractivity contribution in [2.45, 2.75) is 25.9 Å². The maximum absolute atomic E-state index is 11.9. The summed E-state index contributed by atoms with van der Waals surface area (Å²) >= 11 is 5.94. The van der Waals surface area contributed by atoms with E-state index in [0.717, 1.165) is 24.1 Å². The molecule has 3 rings (SSSR count). The number of halogens is 1. The van der Waals surface area contributed by atoms with Crippen molar-refractivity contribution >= 4 is 34.8 Å². The maximum Gasteiger partial charge on any atom is 0.254 e. The molecule has 1 atom stereocenters. The maximum atomic E-state index is 11.9. The van der Waals surface area contributed by atoms with Crippen LogP contribution in [0.2, 0.25) is 5.02 Å². The van der Waals surface area contributed by atoms with Crippen LogP contribution in [0.1, 0.15) is 18.4 Å². The first-order valence-electron chi connectivity index (χ1n) is 7.41. The van der Waals surface area contributed by atoms with Crippen molar-refractivity contribution in [3.8, 4) is 0 Å². The van der Waals surface area contributed by atoms with Gasteiger partial charge in [0, 0.05) is 17.3 Å². The number of carbonyl (C=O) groups excluding carboxylic acids is 1. The molecule has 2 aromatic rings. The van der Waals surface area contributed by atoms with Crippen LogP contribution in [0.5, 0.6) is 0 Å². The minimum atomic E-state index is -0.383. The van der Waals surface area contributed by atoms with E-state index in [-0.39, 0.29) is 12.0 Å². The number of benzene rings is 1. The van der Waals surface area contributed by atoms with Crippen LogP contribution in [0, 0.1) is 6.92 Å². The second-order valence-corrected chi connectivity index (χ2v) is 5.82. The molecule has 1 saturated heterocycles. The van der Waals surface area contributed by atoms with Crippen molar-refractivity contribution in [1.29, 1.82) is 0 Å². The molecule has 23 heavy (non-hydrogen) atoms. The molecule has 0 bridgehead atoms. The lowest BCUT2D eigenvalue weighted by atomic mass is 10.2. The quantitative estimate of drug-likeness (QED) is 0.898. The van der Waals surface area contributed by atoms with Crippen LogP contribution in [0.4, 0.5) is 17.3 Å². The number of aryl methyl sites for hydroxylation is 1. The average molecular weight is 333 g/mol. The molecule has 120 valence electrons. The molecule has 2 heterocycles. The average Bonchev–Trinajstić information content (AvgIpc) is 3.06. The van der Waals surface area contributed by atoms with Gasteiger partial charge in [-0.05, 0) is 55.7 Å². The van der Waals surface area contributed by atoms with Gasteiger partial charge in [-0.15, -0.1) is 10.2 Å². The number of carbonyl (C=O) groups is 1. The number of rotatable bonds is 4. The zero-order valence-corrected chi connectivity index (χ0v) is 13.4. The van der Waals surface area contributed by atoms with Crippen LogP contribution < -0.4 is 10.6 Å². The summed E-state index contributed by atoms with van der Waals surface area (Å²) in [7, 11) is 0. The predicted molar refractivity (Wildman–Crippen MR) is 89.1 cm³/mol. The fourth-order valence-corrected chi connectivity index (χ4v) is 2.59. The number of hydrogen-bond acceptors (Lipinski definition) is 5. The molecular weight excluding hydrogens is 316 g/mol. The Morgan fingerprint density at radius 1 is 1.26 bits per heavy atom. The molecule has 0 radical (unpaired) electrons. The molecule has 7 heteroatoms. The highest BCUT2D eigenvalue weighted by atomic mass is 35.5. The topological polar surface area (TPSA) is 76.1 Å². The van der Waals surface area contributed by atoms with E-state index >= 15 is 0 Å². The monoisotopic (exact) mass is 332 g/mol. The van der Waals surface area contributed by atoms with Gasteiger partial charge in [-0.25, -0.2) is 0 Å². The molecule has 2 N–H and O–H groups in total. The van der Waals surface area contributed by atoms with E-state index in [1.165, 1.54) is 0 Å². The Balaban J connectivity index is 1.63. The summed E-state index contributed by atoms with van der Waals surface area (Å²) in [6.07, 6.45) is 1.27. The van der Waals surface area contributed by atoms with E-state index in [4.69, 9.17) is 16.3 Å². The molecule has 1 aromatic carbocycles. The van der Waals surface area contributed by atoms with Gasteiger partial charge in [-0.3, -0.25) is 4.79 Å². The van der Waals surface area contributed by atoms with Crippen LogP contribution in [-0.4, -0.2) is 28.8 Å². The van der Waals surface area contributed by atoms with E-state index in [0.29, 0.717) is 23.3 Å². The first-order chi connectivity index (χ1) is 11.1. The molecule has 0 spiro atoms. The molecular formula is C16H17ClN4O2. The highest BCUT2D eigenvalue weighted by Gasteiger charge is 2.23. The number of nitrogens with one attached hydrogen (secondary N) is 2. The van der Waals surface area contributed by atoms with Gasteiger partial charge in [-0.2, -0.15) is 0 Å². The van der Waals surface area contributed by atoms with Gasteiger partial charge < -0.3 is 15.4 Å². The van der Waals surface area contributed by atoms with Gasteiger partial charge in [-0.1, -0.05) is 11.6 Å². The molecule has 6 nitrogen and oxygen atoms in total. The lowest BCUT2D eigenvalue weighted by Crippen LogP contribution is -2.27. The fourth-order valence-electron chi connectivity index (χ4n) is 2.36. The van der Waals surface area contributed by atoms with Gasteiger partial charge in [0.25, 0.3) is 5.91 Å². The van der Waals surface area contributed by atoms with Crippen LogP contribution in [0.15, 0.2) is 30.3 Å². The van der Waals surface area contributed by atoms with Crippen LogP contribution in [0.3, 0.4) is 0 Å². The molecule has 0 saturated carbocycles. The Labute approximate surface area is 139 Å². The van der Waals surface area contributed by atoms with E-state index in [1.54, 1.807) is 18.2 Å². The van der Waals surface area contributed by atoms with Crippen molar-refractivity contribution in [2.75, 3.05) is 17.2 Å². The summed E-state index contributed by atoms with van der Waals surface area (Å²) in [5.74, 6) is 0.820. The van der Waals surface area contributed by atoms with Gasteiger partial charge in [0.05, 0.1) is 0 Å². The highest BCUT2D eigenvalue weighted by Crippen LogP contribution is 2.22. The molecule has 0 aliphatic carbocycles. The Morgan fingerprint density at radius 2 is 2.04 bits per heavy atom. The number of ether oxygens (including phenoxy) is 1. The van der Waals surface area contributed by atoms with Crippen molar-refractivity contribution in [2.24, 2.45) is 0 Å². The number of nitrogens with zero attached hydrogens (tertiary/aromatic N) is 2. The molecule has 1 aliphatic rings. The van der Waals surface area contributed by atoms with Crippen LogP contribution in [0.25, 0.3) is 0 Å². The van der Waals surface area contributed by atoms with Crippen LogP contribution in [-0.2, 0) is 9.53 Å². The van der Waals surface area contributed by atoms with Crippen molar-refractivity contribution in [1.82, 2.24) is 10.2 Å². The second-order valence-electron chi connectivity index (χ2n) is 5.38. The summed E-state index contributed by atoms with van der Waals surface area (Å²) in [5, 5.41) is 14.6. The molecule has 1 unspecified atom stereocenters. The standard InChI is InChI=1S/C16H17ClN4O2/c1-10-9-11(17)4-5-12(10)18-14-6-7-15(21-20-14)19-16(22)13-3-2-8-23-13/h4-7,9,13H,2-3,8H2,1H3,(H,18,20)(H,19,21,22). The molecule has 1 aromatic heterocycles. The summed E-state index contributed by atoms with van der Waals surface area (Å²) in [6.45, 7) is 2.59. The third kappa shape index (κ3) is 3.97. The first-order valence-corrected chi connectivity index (χ1v) is 7.79. The van der Waals surface area contributed by atoms with Crippen molar-refractivity contribution in [3.63, 3.8) is 0 Å². The summed E-state index contributed by atoms with van der Waals surface area (Å²) in [6, 6.07) is 9.01. The first kappa shape index (κ1) is 15.7. The summed E-state index contributed by atoms with van der Waals surface area (Å²) < 4.78 is 5.33. The normalized spacial score (nSPS) is 17.0. The van der Waals surface area contributed by atoms with E-state index < -0.39 is 0 Å². The van der Waals surface area contributed by atoms with Gasteiger partial charge >= 0.3 is 0 Å². The minimum Gasteiger partial charge on any atom is -0.368 e.